The van der Waals surface area contributed by atoms with E-state index in [2.05, 4.69) is 5.32 Å². The Bertz CT molecular complexity index is 1320. The van der Waals surface area contributed by atoms with Crippen molar-refractivity contribution in [3.8, 4) is 0 Å². The van der Waals surface area contributed by atoms with Gasteiger partial charge in [-0.05, 0) is 67.4 Å². The number of nitrogens with one attached hydrogen (secondary N) is 1. The van der Waals surface area contributed by atoms with E-state index in [0.717, 1.165) is 10.7 Å². The van der Waals surface area contributed by atoms with E-state index in [4.69, 9.17) is 23.2 Å². The monoisotopic (exact) mass is 561 g/mol. The van der Waals surface area contributed by atoms with Crippen LogP contribution in [0.25, 0.3) is 0 Å². The minimum absolute atomic E-state index is 0.0105. The second-order valence-corrected chi connectivity index (χ2v) is 11.2. The van der Waals surface area contributed by atoms with Crippen molar-refractivity contribution in [1.82, 2.24) is 10.2 Å². The molecular weight excluding hydrogens is 533 g/mol. The molecule has 3 aromatic carbocycles. The average molecular weight is 563 g/mol. The van der Waals surface area contributed by atoms with Gasteiger partial charge in [0.05, 0.1) is 10.6 Å². The van der Waals surface area contributed by atoms with Gasteiger partial charge in [-0.25, -0.2) is 8.42 Å². The lowest BCUT2D eigenvalue weighted by atomic mass is 10.1. The summed E-state index contributed by atoms with van der Waals surface area (Å²) in [4.78, 5) is 27.9. The standard InChI is InChI=1S/C27H29Cl2N3O4S/c1-3-16-30-27(34)20(2)31(18-21-8-7-9-23(29)17-21)26(33)19-32(24-10-5-4-6-11-24)37(35,36)25-14-12-22(28)13-15-25/h4-15,17,20H,3,16,18-19H2,1-2H3,(H,30,34). The number of hydrogen-bond donors (Lipinski definition) is 1. The summed E-state index contributed by atoms with van der Waals surface area (Å²) in [5.41, 5.74) is 1.03. The first-order valence-electron chi connectivity index (χ1n) is 11.8. The van der Waals surface area contributed by atoms with Crippen molar-refractivity contribution in [3.63, 3.8) is 0 Å². The van der Waals surface area contributed by atoms with E-state index >= 15 is 0 Å². The van der Waals surface area contributed by atoms with Crippen LogP contribution in [0.1, 0.15) is 25.8 Å². The summed E-state index contributed by atoms with van der Waals surface area (Å²) in [5, 5.41) is 3.69. The smallest absolute Gasteiger partial charge is 0.264 e. The Balaban J connectivity index is 1.99. The van der Waals surface area contributed by atoms with Crippen molar-refractivity contribution in [2.75, 3.05) is 17.4 Å². The molecule has 0 aromatic heterocycles. The number of benzene rings is 3. The Kier molecular flexibility index (Phi) is 9.97. The van der Waals surface area contributed by atoms with E-state index in [9.17, 15) is 18.0 Å². The third-order valence-corrected chi connectivity index (χ3v) is 7.96. The van der Waals surface area contributed by atoms with Crippen LogP contribution in [0.2, 0.25) is 10.0 Å². The third kappa shape index (κ3) is 7.47. The van der Waals surface area contributed by atoms with Gasteiger partial charge in [-0.2, -0.15) is 0 Å². The maximum Gasteiger partial charge on any atom is 0.264 e. The van der Waals surface area contributed by atoms with E-state index < -0.39 is 28.5 Å². The molecule has 196 valence electrons. The fraction of sp³-hybridized carbons (Fsp3) is 0.259. The molecule has 0 saturated carbocycles. The van der Waals surface area contributed by atoms with Crippen molar-refractivity contribution < 1.29 is 18.0 Å². The summed E-state index contributed by atoms with van der Waals surface area (Å²) in [6, 6.07) is 20.2. The van der Waals surface area contributed by atoms with Gasteiger partial charge in [0.1, 0.15) is 12.6 Å². The van der Waals surface area contributed by atoms with Gasteiger partial charge in [-0.15, -0.1) is 0 Å². The Morgan fingerprint density at radius 2 is 1.59 bits per heavy atom. The van der Waals surface area contributed by atoms with Crippen LogP contribution in [-0.4, -0.2) is 44.3 Å². The fourth-order valence-electron chi connectivity index (χ4n) is 3.67. The Labute approximate surface area is 228 Å². The number of carbonyl (C=O) groups is 2. The summed E-state index contributed by atoms with van der Waals surface area (Å²) in [5.74, 6) is -0.871. The van der Waals surface area contributed by atoms with Crippen LogP contribution in [0, 0.1) is 0 Å². The lowest BCUT2D eigenvalue weighted by molar-refractivity contribution is -0.139. The van der Waals surface area contributed by atoms with E-state index in [1.165, 1.54) is 29.2 Å². The zero-order valence-electron chi connectivity index (χ0n) is 20.6. The van der Waals surface area contributed by atoms with Crippen molar-refractivity contribution in [3.05, 3.63) is 94.5 Å². The van der Waals surface area contributed by atoms with Gasteiger partial charge in [0.25, 0.3) is 10.0 Å². The van der Waals surface area contributed by atoms with Crippen molar-refractivity contribution >= 4 is 50.7 Å². The topological polar surface area (TPSA) is 86.8 Å². The number of rotatable bonds is 11. The van der Waals surface area contributed by atoms with Gasteiger partial charge < -0.3 is 10.2 Å². The van der Waals surface area contributed by atoms with Crippen LogP contribution in [0.4, 0.5) is 5.69 Å². The minimum atomic E-state index is -4.13. The predicted octanol–water partition coefficient (Wildman–Crippen LogP) is 5.13. The molecule has 37 heavy (non-hydrogen) atoms. The maximum absolute atomic E-state index is 13.8. The number of anilines is 1. The molecule has 0 aliphatic heterocycles. The summed E-state index contributed by atoms with van der Waals surface area (Å²) < 4.78 is 28.4. The molecule has 0 fully saturated rings. The first kappa shape index (κ1) is 28.5. The molecule has 0 bridgehead atoms. The van der Waals surface area contributed by atoms with E-state index in [1.54, 1.807) is 61.5 Å². The molecule has 0 saturated heterocycles. The number of sulfonamides is 1. The highest BCUT2D eigenvalue weighted by molar-refractivity contribution is 7.92. The van der Waals surface area contributed by atoms with Gasteiger partial charge in [-0.3, -0.25) is 13.9 Å². The van der Waals surface area contributed by atoms with E-state index in [1.807, 2.05) is 6.92 Å². The van der Waals surface area contributed by atoms with Crippen LogP contribution in [-0.2, 0) is 26.2 Å². The van der Waals surface area contributed by atoms with Crippen molar-refractivity contribution in [2.45, 2.75) is 37.8 Å². The first-order chi connectivity index (χ1) is 17.6. The van der Waals surface area contributed by atoms with Gasteiger partial charge in [-0.1, -0.05) is 60.5 Å². The van der Waals surface area contributed by atoms with Crippen LogP contribution in [0.15, 0.2) is 83.8 Å². The molecule has 0 radical (unpaired) electrons. The molecule has 0 aliphatic rings. The second-order valence-electron chi connectivity index (χ2n) is 8.42. The zero-order chi connectivity index (χ0) is 27.0. The van der Waals surface area contributed by atoms with Crippen LogP contribution in [0.3, 0.4) is 0 Å². The summed E-state index contributed by atoms with van der Waals surface area (Å²) in [6.07, 6.45) is 0.738. The van der Waals surface area contributed by atoms with Gasteiger partial charge in [0.2, 0.25) is 11.8 Å². The molecule has 0 heterocycles. The highest BCUT2D eigenvalue weighted by Crippen LogP contribution is 2.25. The second kappa shape index (κ2) is 12.9. The molecule has 3 rings (SSSR count). The number of para-hydroxylation sites is 1. The quantitative estimate of drug-likeness (QED) is 0.351. The fourth-order valence-corrected chi connectivity index (χ4v) is 5.42. The molecule has 1 N–H and O–H groups in total. The van der Waals surface area contributed by atoms with Crippen LogP contribution >= 0.6 is 23.2 Å². The SMILES string of the molecule is CCCNC(=O)C(C)N(Cc1cccc(Cl)c1)C(=O)CN(c1ccccc1)S(=O)(=O)c1ccc(Cl)cc1. The molecule has 2 amide bonds. The first-order valence-corrected chi connectivity index (χ1v) is 14.0. The van der Waals surface area contributed by atoms with E-state index in [-0.39, 0.29) is 17.3 Å². The van der Waals surface area contributed by atoms with Gasteiger partial charge >= 0.3 is 0 Å². The number of amides is 2. The van der Waals surface area contributed by atoms with Crippen molar-refractivity contribution in [2.24, 2.45) is 0 Å². The molecule has 1 unspecified atom stereocenters. The Morgan fingerprint density at radius 1 is 0.919 bits per heavy atom. The lowest BCUT2D eigenvalue weighted by Gasteiger charge is -2.32. The van der Waals surface area contributed by atoms with Crippen LogP contribution < -0.4 is 9.62 Å². The third-order valence-electron chi connectivity index (χ3n) is 5.68. The number of halogens is 2. The average Bonchev–Trinajstić information content (AvgIpc) is 2.89. The normalized spacial score (nSPS) is 12.0. The highest BCUT2D eigenvalue weighted by atomic mass is 35.5. The predicted molar refractivity (Wildman–Crippen MR) is 147 cm³/mol. The lowest BCUT2D eigenvalue weighted by Crippen LogP contribution is -2.51. The summed E-state index contributed by atoms with van der Waals surface area (Å²) in [6.45, 7) is 3.57. The largest absolute Gasteiger partial charge is 0.354 e. The highest BCUT2D eigenvalue weighted by Gasteiger charge is 2.32. The summed E-state index contributed by atoms with van der Waals surface area (Å²) >= 11 is 12.1. The number of nitrogens with zero attached hydrogens (tertiary/aromatic N) is 2. The number of hydrogen-bond acceptors (Lipinski definition) is 4. The molecule has 10 heteroatoms. The van der Waals surface area contributed by atoms with Crippen molar-refractivity contribution in [1.29, 1.82) is 0 Å². The Morgan fingerprint density at radius 3 is 2.22 bits per heavy atom. The van der Waals surface area contributed by atoms with E-state index in [0.29, 0.717) is 27.8 Å². The van der Waals surface area contributed by atoms with Gasteiger partial charge in [0, 0.05) is 23.1 Å². The zero-order valence-corrected chi connectivity index (χ0v) is 22.9. The molecule has 1 atom stereocenters. The number of carbonyl (C=O) groups excluding carboxylic acids is 2. The molecule has 3 aromatic rings. The maximum atomic E-state index is 13.8. The van der Waals surface area contributed by atoms with Gasteiger partial charge in [0.15, 0.2) is 0 Å². The van der Waals surface area contributed by atoms with Crippen LogP contribution in [0.5, 0.6) is 0 Å². The molecule has 0 spiro atoms. The minimum Gasteiger partial charge on any atom is -0.354 e. The molecule has 0 aliphatic carbocycles. The molecular formula is C27H29Cl2N3O4S. The Hall–Kier alpha value is -3.07. The molecule has 7 nitrogen and oxygen atoms in total. The summed E-state index contributed by atoms with van der Waals surface area (Å²) in [7, 11) is -4.13.